The van der Waals surface area contributed by atoms with Gasteiger partial charge in [0.1, 0.15) is 12.1 Å². The molecular weight excluding hydrogens is 360 g/mol. The van der Waals surface area contributed by atoms with Gasteiger partial charge in [-0.25, -0.2) is 9.97 Å². The van der Waals surface area contributed by atoms with E-state index in [1.165, 1.54) is 11.1 Å². The number of ether oxygens (including phenoxy) is 1. The van der Waals surface area contributed by atoms with Crippen LogP contribution in [0.5, 0.6) is 0 Å². The Hall–Kier alpha value is -2.51. The van der Waals surface area contributed by atoms with Crippen molar-refractivity contribution in [1.82, 2.24) is 14.9 Å². The van der Waals surface area contributed by atoms with Crippen molar-refractivity contribution in [3.05, 3.63) is 53.2 Å². The molecule has 3 aromatic rings. The van der Waals surface area contributed by atoms with Crippen molar-refractivity contribution >= 4 is 33.3 Å². The summed E-state index contributed by atoms with van der Waals surface area (Å²) in [5.74, 6) is 0.978. The Balaban J connectivity index is 1.34. The Kier molecular flexibility index (Phi) is 4.26. The van der Waals surface area contributed by atoms with Gasteiger partial charge in [-0.15, -0.1) is 11.3 Å². The van der Waals surface area contributed by atoms with E-state index in [0.717, 1.165) is 35.5 Å². The lowest BCUT2D eigenvalue weighted by Crippen LogP contribution is -2.52. The fraction of sp³-hybridized carbons (Fsp3) is 0.350. The molecule has 6 nitrogen and oxygen atoms in total. The molecule has 1 unspecified atom stereocenters. The zero-order valence-corrected chi connectivity index (χ0v) is 15.7. The summed E-state index contributed by atoms with van der Waals surface area (Å²) in [6.45, 7) is 3.20. The van der Waals surface area contributed by atoms with Gasteiger partial charge in [0.15, 0.2) is 6.10 Å². The number of hydrogen-bond donors (Lipinski definition) is 0. The number of morpholine rings is 1. The number of rotatable bonds is 2. The van der Waals surface area contributed by atoms with E-state index < -0.39 is 6.10 Å². The van der Waals surface area contributed by atoms with E-state index in [9.17, 15) is 4.79 Å². The van der Waals surface area contributed by atoms with Gasteiger partial charge in [-0.1, -0.05) is 24.3 Å². The number of hydrogen-bond acceptors (Lipinski definition) is 6. The molecule has 1 fully saturated rings. The Morgan fingerprint density at radius 1 is 1.15 bits per heavy atom. The number of fused-ring (bicyclic) bond motifs is 2. The summed E-state index contributed by atoms with van der Waals surface area (Å²) in [7, 11) is 0. The standard InChI is InChI=1S/C20H20N4O2S/c25-20(24-7-5-14-3-1-2-4-15(14)11-24)17-12-23(8-9-26-17)19-18-16(6-10-27-18)21-13-22-19/h1-4,6,10,13,17H,5,7-9,11-12H2. The van der Waals surface area contributed by atoms with Gasteiger partial charge >= 0.3 is 0 Å². The van der Waals surface area contributed by atoms with Crippen LogP contribution in [0, 0.1) is 0 Å². The van der Waals surface area contributed by atoms with Crippen molar-refractivity contribution in [1.29, 1.82) is 0 Å². The van der Waals surface area contributed by atoms with Crippen LogP contribution in [-0.2, 0) is 22.5 Å². The quantitative estimate of drug-likeness (QED) is 0.684. The first kappa shape index (κ1) is 16.6. The maximum absolute atomic E-state index is 13.1. The minimum absolute atomic E-state index is 0.0747. The van der Waals surface area contributed by atoms with Gasteiger partial charge in [-0.05, 0) is 29.0 Å². The zero-order valence-electron chi connectivity index (χ0n) is 14.9. The Bertz CT molecular complexity index is 989. The van der Waals surface area contributed by atoms with Crippen molar-refractivity contribution in [2.24, 2.45) is 0 Å². The maximum atomic E-state index is 13.1. The molecule has 2 aliphatic heterocycles. The van der Waals surface area contributed by atoms with E-state index in [-0.39, 0.29) is 5.91 Å². The highest BCUT2D eigenvalue weighted by molar-refractivity contribution is 7.17. The van der Waals surface area contributed by atoms with Crippen LogP contribution in [0.1, 0.15) is 11.1 Å². The number of benzene rings is 1. The second kappa shape index (κ2) is 6.90. The van der Waals surface area contributed by atoms with E-state index in [1.54, 1.807) is 17.7 Å². The van der Waals surface area contributed by atoms with Crippen molar-refractivity contribution in [2.75, 3.05) is 31.1 Å². The summed E-state index contributed by atoms with van der Waals surface area (Å²) < 4.78 is 6.92. The fourth-order valence-electron chi connectivity index (χ4n) is 3.88. The predicted octanol–water partition coefficient (Wildman–Crippen LogP) is 2.48. The molecule has 0 spiro atoms. The van der Waals surface area contributed by atoms with E-state index in [2.05, 4.69) is 33.1 Å². The monoisotopic (exact) mass is 380 g/mol. The molecule has 0 radical (unpaired) electrons. The summed E-state index contributed by atoms with van der Waals surface area (Å²) in [5, 5.41) is 2.02. The molecule has 5 rings (SSSR count). The second-order valence-corrected chi connectivity index (χ2v) is 7.83. The largest absolute Gasteiger partial charge is 0.365 e. The van der Waals surface area contributed by atoms with E-state index in [0.29, 0.717) is 19.7 Å². The molecule has 1 amide bonds. The molecule has 4 heterocycles. The third-order valence-electron chi connectivity index (χ3n) is 5.31. The van der Waals surface area contributed by atoms with Gasteiger partial charge in [0.25, 0.3) is 5.91 Å². The van der Waals surface area contributed by atoms with Crippen molar-refractivity contribution < 1.29 is 9.53 Å². The van der Waals surface area contributed by atoms with E-state index in [4.69, 9.17) is 4.74 Å². The maximum Gasteiger partial charge on any atom is 0.253 e. The molecule has 0 bridgehead atoms. The van der Waals surface area contributed by atoms with Crippen molar-refractivity contribution in [3.8, 4) is 0 Å². The normalized spacial score (nSPS) is 19.9. The lowest BCUT2D eigenvalue weighted by Gasteiger charge is -2.37. The molecule has 0 saturated carbocycles. The van der Waals surface area contributed by atoms with Gasteiger partial charge in [0.05, 0.1) is 23.4 Å². The number of aromatic nitrogens is 2. The van der Waals surface area contributed by atoms with Gasteiger partial charge in [-0.3, -0.25) is 4.79 Å². The molecule has 1 saturated heterocycles. The molecule has 138 valence electrons. The van der Waals surface area contributed by atoms with Crippen LogP contribution in [0.3, 0.4) is 0 Å². The minimum atomic E-state index is -0.450. The van der Waals surface area contributed by atoms with Gasteiger partial charge < -0.3 is 14.5 Å². The van der Waals surface area contributed by atoms with Crippen LogP contribution in [0.2, 0.25) is 0 Å². The molecule has 0 aliphatic carbocycles. The number of thiophene rings is 1. The van der Waals surface area contributed by atoms with E-state index in [1.807, 2.05) is 22.4 Å². The van der Waals surface area contributed by atoms with Crippen molar-refractivity contribution in [3.63, 3.8) is 0 Å². The van der Waals surface area contributed by atoms with Crippen LogP contribution in [0.15, 0.2) is 42.0 Å². The first-order valence-corrected chi connectivity index (χ1v) is 10.1. The van der Waals surface area contributed by atoms with E-state index >= 15 is 0 Å². The number of anilines is 1. The van der Waals surface area contributed by atoms with Gasteiger partial charge in [0, 0.05) is 19.6 Å². The Labute approximate surface area is 161 Å². The summed E-state index contributed by atoms with van der Waals surface area (Å²) in [6, 6.07) is 10.4. The molecular formula is C20H20N4O2S. The average Bonchev–Trinajstić information content (AvgIpc) is 3.22. The zero-order chi connectivity index (χ0) is 18.2. The topological polar surface area (TPSA) is 58.6 Å². The van der Waals surface area contributed by atoms with Crippen LogP contribution in [0.4, 0.5) is 5.82 Å². The molecule has 1 atom stereocenters. The number of carbonyl (C=O) groups is 1. The van der Waals surface area contributed by atoms with Gasteiger partial charge in [-0.2, -0.15) is 0 Å². The number of carbonyl (C=O) groups excluding carboxylic acids is 1. The summed E-state index contributed by atoms with van der Waals surface area (Å²) >= 11 is 1.63. The molecule has 2 aromatic heterocycles. The molecule has 7 heteroatoms. The molecule has 2 aliphatic rings. The van der Waals surface area contributed by atoms with Crippen LogP contribution >= 0.6 is 11.3 Å². The Morgan fingerprint density at radius 2 is 2.04 bits per heavy atom. The van der Waals surface area contributed by atoms with Crippen LogP contribution in [-0.4, -0.2) is 53.1 Å². The SMILES string of the molecule is O=C(C1CN(c2ncnc3ccsc23)CCO1)N1CCc2ccccc2C1. The minimum Gasteiger partial charge on any atom is -0.365 e. The molecule has 1 aromatic carbocycles. The number of nitrogens with zero attached hydrogens (tertiary/aromatic N) is 4. The lowest BCUT2D eigenvalue weighted by atomic mass is 9.99. The highest BCUT2D eigenvalue weighted by atomic mass is 32.1. The lowest BCUT2D eigenvalue weighted by molar-refractivity contribution is -0.145. The van der Waals surface area contributed by atoms with Crippen LogP contribution < -0.4 is 4.90 Å². The number of amides is 1. The summed E-state index contributed by atoms with van der Waals surface area (Å²) in [4.78, 5) is 26.0. The fourth-order valence-corrected chi connectivity index (χ4v) is 4.74. The second-order valence-electron chi connectivity index (χ2n) is 6.92. The average molecular weight is 380 g/mol. The highest BCUT2D eigenvalue weighted by Crippen LogP contribution is 2.29. The highest BCUT2D eigenvalue weighted by Gasteiger charge is 2.32. The summed E-state index contributed by atoms with van der Waals surface area (Å²) in [6.07, 6.45) is 2.05. The third-order valence-corrected chi connectivity index (χ3v) is 6.21. The van der Waals surface area contributed by atoms with Crippen molar-refractivity contribution in [2.45, 2.75) is 19.1 Å². The van der Waals surface area contributed by atoms with Gasteiger partial charge in [0.2, 0.25) is 0 Å². The third kappa shape index (κ3) is 3.07. The Morgan fingerprint density at radius 3 is 2.96 bits per heavy atom. The smallest absolute Gasteiger partial charge is 0.253 e. The first-order valence-electron chi connectivity index (χ1n) is 9.20. The summed E-state index contributed by atoms with van der Waals surface area (Å²) in [5.41, 5.74) is 3.53. The molecule has 27 heavy (non-hydrogen) atoms. The predicted molar refractivity (Wildman–Crippen MR) is 105 cm³/mol. The first-order chi connectivity index (χ1) is 13.3. The van der Waals surface area contributed by atoms with Crippen LogP contribution in [0.25, 0.3) is 10.2 Å². The molecule has 0 N–H and O–H groups in total.